The maximum Gasteiger partial charge on any atom is 0.160 e. The van der Waals surface area contributed by atoms with Crippen molar-refractivity contribution < 1.29 is 0 Å². The van der Waals surface area contributed by atoms with Crippen molar-refractivity contribution in [3.8, 4) is 11.4 Å². The lowest BCUT2D eigenvalue weighted by molar-refractivity contribution is 0.534. The minimum atomic E-state index is 0.754. The molecule has 0 radical (unpaired) electrons. The summed E-state index contributed by atoms with van der Waals surface area (Å²) in [6.07, 6.45) is 11.4. The van der Waals surface area contributed by atoms with E-state index in [0.29, 0.717) is 0 Å². The summed E-state index contributed by atoms with van der Waals surface area (Å²) in [5.74, 6) is 1.55. The molecule has 2 aromatic heterocycles. The highest BCUT2D eigenvalue weighted by atomic mass is 14.9. The number of hydrogen-bond acceptors (Lipinski definition) is 3. The Balaban J connectivity index is 1.99. The molecule has 1 aliphatic rings. The van der Waals surface area contributed by atoms with E-state index in [0.717, 1.165) is 29.4 Å². The lowest BCUT2D eigenvalue weighted by Crippen LogP contribution is -2.02. The molecule has 0 unspecified atom stereocenters. The van der Waals surface area contributed by atoms with Crippen LogP contribution in [0.2, 0.25) is 0 Å². The van der Waals surface area contributed by atoms with E-state index in [2.05, 4.69) is 34.0 Å². The minimum Gasteiger partial charge on any atom is -0.260 e. The number of aromatic nitrogens is 3. The normalized spacial score (nSPS) is 18.7. The zero-order valence-electron chi connectivity index (χ0n) is 12.0. The summed E-state index contributed by atoms with van der Waals surface area (Å²) < 4.78 is 0. The number of rotatable bonds is 2. The number of pyridine rings is 1. The fourth-order valence-corrected chi connectivity index (χ4v) is 2.60. The fraction of sp³-hybridized carbons (Fsp3) is 0.353. The second kappa shape index (κ2) is 5.53. The number of aryl methyl sites for hydroxylation is 1. The Morgan fingerprint density at radius 2 is 1.95 bits per heavy atom. The van der Waals surface area contributed by atoms with Crippen LogP contribution in [0.4, 0.5) is 0 Å². The molecule has 0 saturated heterocycles. The fourth-order valence-electron chi connectivity index (χ4n) is 2.60. The molecule has 0 N–H and O–H groups in total. The highest BCUT2D eigenvalue weighted by molar-refractivity contribution is 5.71. The van der Waals surface area contributed by atoms with Crippen molar-refractivity contribution in [1.82, 2.24) is 15.0 Å². The highest BCUT2D eigenvalue weighted by Crippen LogP contribution is 2.31. The van der Waals surface area contributed by atoms with Gasteiger partial charge in [0, 0.05) is 29.8 Å². The lowest BCUT2D eigenvalue weighted by Gasteiger charge is -2.18. The van der Waals surface area contributed by atoms with Gasteiger partial charge >= 0.3 is 0 Å². The second-order valence-corrected chi connectivity index (χ2v) is 5.54. The van der Waals surface area contributed by atoms with Crippen molar-refractivity contribution in [2.75, 3.05) is 0 Å². The topological polar surface area (TPSA) is 38.7 Å². The average molecular weight is 265 g/mol. The van der Waals surface area contributed by atoms with E-state index in [1.165, 1.54) is 24.0 Å². The maximum absolute atomic E-state index is 4.53. The third-order valence-corrected chi connectivity index (χ3v) is 3.94. The molecule has 0 amide bonds. The van der Waals surface area contributed by atoms with E-state index in [1.807, 2.05) is 19.2 Å². The van der Waals surface area contributed by atoms with Gasteiger partial charge in [-0.3, -0.25) is 4.98 Å². The van der Waals surface area contributed by atoms with Crippen molar-refractivity contribution in [1.29, 1.82) is 0 Å². The first-order valence-corrected chi connectivity index (χ1v) is 7.17. The van der Waals surface area contributed by atoms with Crippen molar-refractivity contribution in [3.05, 3.63) is 48.1 Å². The second-order valence-electron chi connectivity index (χ2n) is 5.54. The van der Waals surface area contributed by atoms with Crippen LogP contribution in [0.3, 0.4) is 0 Å². The minimum absolute atomic E-state index is 0.754. The Morgan fingerprint density at radius 3 is 2.65 bits per heavy atom. The summed E-state index contributed by atoms with van der Waals surface area (Å²) in [6.45, 7) is 4.32. The maximum atomic E-state index is 4.53. The van der Waals surface area contributed by atoms with Gasteiger partial charge in [-0.05, 0) is 55.4 Å². The Labute approximate surface area is 119 Å². The van der Waals surface area contributed by atoms with Gasteiger partial charge in [0.1, 0.15) is 0 Å². The monoisotopic (exact) mass is 265 g/mol. The van der Waals surface area contributed by atoms with Crippen LogP contribution in [0.15, 0.2) is 36.8 Å². The molecular weight excluding hydrogens is 246 g/mol. The van der Waals surface area contributed by atoms with E-state index in [9.17, 15) is 0 Å². The molecular formula is C17H19N3. The highest BCUT2D eigenvalue weighted by Gasteiger charge is 2.14. The summed E-state index contributed by atoms with van der Waals surface area (Å²) in [4.78, 5) is 13.2. The smallest absolute Gasteiger partial charge is 0.160 e. The van der Waals surface area contributed by atoms with Crippen molar-refractivity contribution in [2.24, 2.45) is 5.92 Å². The summed E-state index contributed by atoms with van der Waals surface area (Å²) in [6, 6.07) is 4.01. The molecule has 20 heavy (non-hydrogen) atoms. The number of nitrogens with zero attached hydrogens (tertiary/aromatic N) is 3. The van der Waals surface area contributed by atoms with Crippen LogP contribution in [-0.4, -0.2) is 15.0 Å². The molecule has 1 atom stereocenters. The Morgan fingerprint density at radius 1 is 1.15 bits per heavy atom. The van der Waals surface area contributed by atoms with E-state index < -0.39 is 0 Å². The average Bonchev–Trinajstić information content (AvgIpc) is 2.50. The third-order valence-electron chi connectivity index (χ3n) is 3.94. The Kier molecular flexibility index (Phi) is 3.59. The van der Waals surface area contributed by atoms with E-state index in [1.54, 1.807) is 12.4 Å². The predicted molar refractivity (Wildman–Crippen MR) is 81.0 cm³/mol. The van der Waals surface area contributed by atoms with E-state index in [-0.39, 0.29) is 0 Å². The van der Waals surface area contributed by atoms with Gasteiger partial charge < -0.3 is 0 Å². The molecule has 1 aliphatic carbocycles. The van der Waals surface area contributed by atoms with Crippen LogP contribution < -0.4 is 0 Å². The molecule has 0 spiro atoms. The van der Waals surface area contributed by atoms with Gasteiger partial charge in [0.2, 0.25) is 0 Å². The SMILES string of the molecule is Cc1ncc(C2=CC[C@H](C)CC2)cc1-c1ncccn1. The largest absolute Gasteiger partial charge is 0.260 e. The van der Waals surface area contributed by atoms with Gasteiger partial charge in [0.25, 0.3) is 0 Å². The van der Waals surface area contributed by atoms with Crippen LogP contribution in [-0.2, 0) is 0 Å². The zero-order chi connectivity index (χ0) is 13.9. The molecule has 0 fully saturated rings. The Hall–Kier alpha value is -2.03. The summed E-state index contributed by atoms with van der Waals surface area (Å²) in [5, 5.41) is 0. The first-order chi connectivity index (χ1) is 9.74. The van der Waals surface area contributed by atoms with E-state index >= 15 is 0 Å². The van der Waals surface area contributed by atoms with Gasteiger partial charge in [-0.15, -0.1) is 0 Å². The van der Waals surface area contributed by atoms with Gasteiger partial charge in [-0.25, -0.2) is 9.97 Å². The first-order valence-electron chi connectivity index (χ1n) is 7.17. The van der Waals surface area contributed by atoms with Crippen LogP contribution >= 0.6 is 0 Å². The van der Waals surface area contributed by atoms with Gasteiger partial charge in [-0.2, -0.15) is 0 Å². The van der Waals surface area contributed by atoms with Crippen molar-refractivity contribution >= 4 is 5.57 Å². The molecule has 3 rings (SSSR count). The van der Waals surface area contributed by atoms with Crippen LogP contribution in [0, 0.1) is 12.8 Å². The predicted octanol–water partition coefficient (Wildman–Crippen LogP) is 4.05. The molecule has 3 heteroatoms. The number of hydrogen-bond donors (Lipinski definition) is 0. The molecule has 3 nitrogen and oxygen atoms in total. The summed E-state index contributed by atoms with van der Waals surface area (Å²) in [7, 11) is 0. The summed E-state index contributed by atoms with van der Waals surface area (Å²) >= 11 is 0. The quantitative estimate of drug-likeness (QED) is 0.822. The molecule has 102 valence electrons. The molecule has 2 heterocycles. The molecule has 2 aromatic rings. The standard InChI is InChI=1S/C17H19N3/c1-12-4-6-14(7-5-12)15-10-16(13(2)20-11-15)17-18-8-3-9-19-17/h3,6,8-12H,4-5,7H2,1-2H3/t12-/m0/s1. The van der Waals surface area contributed by atoms with Gasteiger partial charge in [0.15, 0.2) is 5.82 Å². The molecule has 0 bridgehead atoms. The van der Waals surface area contributed by atoms with Gasteiger partial charge in [-0.1, -0.05) is 13.0 Å². The number of allylic oxidation sites excluding steroid dienone is 2. The first kappa shape index (κ1) is 13.0. The van der Waals surface area contributed by atoms with Crippen molar-refractivity contribution in [3.63, 3.8) is 0 Å². The van der Waals surface area contributed by atoms with Gasteiger partial charge in [0.05, 0.1) is 0 Å². The van der Waals surface area contributed by atoms with Crippen LogP contribution in [0.1, 0.15) is 37.4 Å². The third kappa shape index (κ3) is 2.62. The molecule has 0 saturated carbocycles. The lowest BCUT2D eigenvalue weighted by atomic mass is 9.88. The Bertz CT molecular complexity index is 632. The van der Waals surface area contributed by atoms with Crippen LogP contribution in [0.5, 0.6) is 0 Å². The summed E-state index contributed by atoms with van der Waals surface area (Å²) in [5.41, 5.74) is 4.63. The van der Waals surface area contributed by atoms with Crippen LogP contribution in [0.25, 0.3) is 17.0 Å². The van der Waals surface area contributed by atoms with Crippen molar-refractivity contribution in [2.45, 2.75) is 33.1 Å². The molecule has 0 aliphatic heterocycles. The van der Waals surface area contributed by atoms with E-state index in [4.69, 9.17) is 0 Å². The zero-order valence-corrected chi connectivity index (χ0v) is 12.0. The molecule has 0 aromatic carbocycles.